The van der Waals surface area contributed by atoms with Crippen LogP contribution in [0.3, 0.4) is 0 Å². The van der Waals surface area contributed by atoms with Crippen LogP contribution in [0.4, 0.5) is 0 Å². The van der Waals surface area contributed by atoms with E-state index in [-0.39, 0.29) is 18.0 Å². The van der Waals surface area contributed by atoms with Crippen LogP contribution >= 0.6 is 0 Å². The monoisotopic (exact) mass is 172 g/mol. The predicted octanol–water partition coefficient (Wildman–Crippen LogP) is 0.104. The molecule has 4 heteroatoms. The van der Waals surface area contributed by atoms with E-state index in [4.69, 9.17) is 14.2 Å². The van der Waals surface area contributed by atoms with Crippen molar-refractivity contribution >= 4 is 5.78 Å². The van der Waals surface area contributed by atoms with Gasteiger partial charge in [0, 0.05) is 7.11 Å². The predicted molar refractivity (Wildman–Crippen MR) is 39.6 cm³/mol. The molecule has 2 rings (SSSR count). The van der Waals surface area contributed by atoms with Gasteiger partial charge in [0.25, 0.3) is 0 Å². The molecule has 4 unspecified atom stereocenters. The van der Waals surface area contributed by atoms with Crippen molar-refractivity contribution in [2.75, 3.05) is 7.11 Å². The summed E-state index contributed by atoms with van der Waals surface area (Å²) in [6, 6.07) is 0. The topological polar surface area (TPSA) is 48.1 Å². The molecule has 2 heterocycles. The highest BCUT2D eigenvalue weighted by Crippen LogP contribution is 2.45. The molecule has 0 radical (unpaired) electrons. The van der Waals surface area contributed by atoms with E-state index in [0.29, 0.717) is 0 Å². The summed E-state index contributed by atoms with van der Waals surface area (Å²) in [4.78, 5) is 11.4. The third-order valence-corrected chi connectivity index (χ3v) is 2.67. The van der Waals surface area contributed by atoms with Crippen molar-refractivity contribution in [2.24, 2.45) is 0 Å². The lowest BCUT2D eigenvalue weighted by atomic mass is 9.96. The van der Waals surface area contributed by atoms with Gasteiger partial charge >= 0.3 is 0 Å². The molecule has 0 saturated carbocycles. The number of hydrogen-bond donors (Lipinski definition) is 0. The molecule has 12 heavy (non-hydrogen) atoms. The fourth-order valence-corrected chi connectivity index (χ4v) is 1.55. The number of carbonyl (C=O) groups excluding carboxylic acids is 1. The van der Waals surface area contributed by atoms with E-state index in [0.717, 1.165) is 0 Å². The van der Waals surface area contributed by atoms with Gasteiger partial charge < -0.3 is 14.2 Å². The maximum Gasteiger partial charge on any atom is 0.220 e. The van der Waals surface area contributed by atoms with Crippen LogP contribution in [0.5, 0.6) is 0 Å². The van der Waals surface area contributed by atoms with Gasteiger partial charge in [0.1, 0.15) is 5.60 Å². The fraction of sp³-hybridized carbons (Fsp3) is 0.875. The van der Waals surface area contributed by atoms with Crippen molar-refractivity contribution in [1.29, 1.82) is 0 Å². The van der Waals surface area contributed by atoms with E-state index in [1.807, 2.05) is 13.8 Å². The number of carbonyl (C=O) groups is 1. The van der Waals surface area contributed by atoms with Crippen LogP contribution < -0.4 is 0 Å². The number of epoxide rings is 1. The van der Waals surface area contributed by atoms with Crippen LogP contribution in [0.25, 0.3) is 0 Å². The molecule has 0 amide bonds. The van der Waals surface area contributed by atoms with Gasteiger partial charge in [-0.05, 0) is 13.8 Å². The van der Waals surface area contributed by atoms with Crippen molar-refractivity contribution in [2.45, 2.75) is 37.9 Å². The fourth-order valence-electron chi connectivity index (χ4n) is 1.55. The summed E-state index contributed by atoms with van der Waals surface area (Å²) in [5, 5.41) is 0. The number of Topliss-reactive ketones (excluding diaryl/α,β-unsaturated/α-hetero) is 1. The summed E-state index contributed by atoms with van der Waals surface area (Å²) in [5.74, 6) is -0.0990. The van der Waals surface area contributed by atoms with E-state index in [1.54, 1.807) is 0 Å². The van der Waals surface area contributed by atoms with Crippen molar-refractivity contribution in [1.82, 2.24) is 0 Å². The molecular weight excluding hydrogens is 160 g/mol. The van der Waals surface area contributed by atoms with E-state index < -0.39 is 11.9 Å². The van der Waals surface area contributed by atoms with E-state index >= 15 is 0 Å². The molecule has 0 aromatic heterocycles. The zero-order valence-electron chi connectivity index (χ0n) is 7.37. The zero-order chi connectivity index (χ0) is 8.93. The maximum atomic E-state index is 11.4. The molecule has 2 aliphatic rings. The molecule has 0 aromatic carbocycles. The maximum absolute atomic E-state index is 11.4. The summed E-state index contributed by atoms with van der Waals surface area (Å²) < 4.78 is 15.4. The molecule has 2 fully saturated rings. The van der Waals surface area contributed by atoms with E-state index in [2.05, 4.69) is 0 Å². The SMILES string of the molecule is COC1OC(C)C2(C)OC2C1=O. The first-order valence-corrected chi connectivity index (χ1v) is 3.99. The second-order valence-electron chi connectivity index (χ2n) is 3.43. The van der Waals surface area contributed by atoms with Crippen molar-refractivity contribution in [3.05, 3.63) is 0 Å². The standard InChI is InChI=1S/C8H12O4/c1-4-8(2)6(12-8)5(9)7(10-3)11-4/h4,6-7H,1-3H3. The van der Waals surface area contributed by atoms with Gasteiger partial charge in [-0.2, -0.15) is 0 Å². The average molecular weight is 172 g/mol. The Kier molecular flexibility index (Phi) is 1.55. The van der Waals surface area contributed by atoms with Crippen LogP contribution in [0.15, 0.2) is 0 Å². The van der Waals surface area contributed by atoms with Crippen LogP contribution in [0.2, 0.25) is 0 Å². The summed E-state index contributed by atoms with van der Waals surface area (Å²) in [7, 11) is 1.46. The minimum absolute atomic E-state index is 0.0786. The molecule has 68 valence electrons. The molecule has 4 nitrogen and oxygen atoms in total. The van der Waals surface area contributed by atoms with Gasteiger partial charge in [0.15, 0.2) is 6.10 Å². The van der Waals surface area contributed by atoms with Crippen molar-refractivity contribution in [3.8, 4) is 0 Å². The molecule has 0 aliphatic carbocycles. The van der Waals surface area contributed by atoms with Crippen molar-refractivity contribution < 1.29 is 19.0 Å². The number of rotatable bonds is 1. The highest BCUT2D eigenvalue weighted by atomic mass is 16.7. The Morgan fingerprint density at radius 2 is 2.25 bits per heavy atom. The summed E-state index contributed by atoms with van der Waals surface area (Å²) >= 11 is 0. The highest BCUT2D eigenvalue weighted by Gasteiger charge is 2.66. The van der Waals surface area contributed by atoms with Crippen LogP contribution in [-0.2, 0) is 19.0 Å². The molecule has 0 N–H and O–H groups in total. The first kappa shape index (κ1) is 8.16. The van der Waals surface area contributed by atoms with Gasteiger partial charge in [-0.1, -0.05) is 0 Å². The lowest BCUT2D eigenvalue weighted by Gasteiger charge is -2.26. The average Bonchev–Trinajstić information content (AvgIpc) is 2.72. The summed E-state index contributed by atoms with van der Waals surface area (Å²) in [6.45, 7) is 3.77. The van der Waals surface area contributed by atoms with E-state index in [9.17, 15) is 4.79 Å². The normalized spacial score (nSPS) is 51.9. The van der Waals surface area contributed by atoms with Crippen LogP contribution in [0, 0.1) is 0 Å². The Bertz CT molecular complexity index is 223. The van der Waals surface area contributed by atoms with Gasteiger partial charge in [0.05, 0.1) is 6.10 Å². The number of hydrogen-bond acceptors (Lipinski definition) is 4. The largest absolute Gasteiger partial charge is 0.355 e. The molecule has 2 saturated heterocycles. The van der Waals surface area contributed by atoms with Crippen LogP contribution in [-0.4, -0.2) is 37.0 Å². The van der Waals surface area contributed by atoms with Gasteiger partial charge in [0.2, 0.25) is 12.1 Å². The second-order valence-corrected chi connectivity index (χ2v) is 3.43. The quantitative estimate of drug-likeness (QED) is 0.526. The molecule has 0 bridgehead atoms. The minimum Gasteiger partial charge on any atom is -0.355 e. The Morgan fingerprint density at radius 1 is 1.58 bits per heavy atom. The molecule has 0 spiro atoms. The Balaban J connectivity index is 2.16. The molecule has 4 atom stereocenters. The Labute approximate surface area is 70.8 Å². The smallest absolute Gasteiger partial charge is 0.220 e. The first-order chi connectivity index (χ1) is 5.59. The van der Waals surface area contributed by atoms with Gasteiger partial charge in [-0.3, -0.25) is 4.79 Å². The van der Waals surface area contributed by atoms with Crippen molar-refractivity contribution in [3.63, 3.8) is 0 Å². The third-order valence-electron chi connectivity index (χ3n) is 2.67. The van der Waals surface area contributed by atoms with E-state index in [1.165, 1.54) is 7.11 Å². The molecular formula is C8H12O4. The number of methoxy groups -OCH3 is 1. The number of ether oxygens (including phenoxy) is 3. The summed E-state index contributed by atoms with van der Waals surface area (Å²) in [6.07, 6.45) is -1.13. The lowest BCUT2D eigenvalue weighted by Crippen LogP contribution is -2.46. The Hall–Kier alpha value is -0.450. The first-order valence-electron chi connectivity index (χ1n) is 3.99. The van der Waals surface area contributed by atoms with Gasteiger partial charge in [-0.15, -0.1) is 0 Å². The Morgan fingerprint density at radius 3 is 2.83 bits per heavy atom. The van der Waals surface area contributed by atoms with Gasteiger partial charge in [-0.25, -0.2) is 0 Å². The second kappa shape index (κ2) is 2.28. The summed E-state index contributed by atoms with van der Waals surface area (Å²) in [5.41, 5.74) is -0.397. The highest BCUT2D eigenvalue weighted by molar-refractivity contribution is 5.90. The minimum atomic E-state index is -0.736. The third kappa shape index (κ3) is 0.856. The molecule has 0 aromatic rings. The van der Waals surface area contributed by atoms with Crippen LogP contribution in [0.1, 0.15) is 13.8 Å². The lowest BCUT2D eigenvalue weighted by molar-refractivity contribution is -0.186. The molecule has 2 aliphatic heterocycles. The number of fused-ring (bicyclic) bond motifs is 1. The zero-order valence-corrected chi connectivity index (χ0v) is 7.37. The number of ketones is 1.